The van der Waals surface area contributed by atoms with Gasteiger partial charge in [-0.05, 0) is 30.2 Å². The van der Waals surface area contributed by atoms with Crippen LogP contribution in [0.2, 0.25) is 0 Å². The van der Waals surface area contributed by atoms with Crippen LogP contribution in [0.15, 0.2) is 24.5 Å². The third-order valence-corrected chi connectivity index (χ3v) is 3.48. The maximum Gasteiger partial charge on any atom is 0.326 e. The van der Waals surface area contributed by atoms with Gasteiger partial charge in [0.05, 0.1) is 17.6 Å². The normalized spacial score (nSPS) is 16.3. The van der Waals surface area contributed by atoms with Crippen molar-refractivity contribution in [3.8, 4) is 0 Å². The molecule has 5 heteroatoms. The summed E-state index contributed by atoms with van der Waals surface area (Å²) in [4.78, 5) is 20.5. The lowest BCUT2D eigenvalue weighted by molar-refractivity contribution is -0.149. The van der Waals surface area contributed by atoms with Crippen molar-refractivity contribution in [2.45, 2.75) is 25.3 Å². The lowest BCUT2D eigenvalue weighted by atomic mass is 9.98. The van der Waals surface area contributed by atoms with E-state index in [9.17, 15) is 4.79 Å². The molecule has 0 amide bonds. The molecule has 0 saturated carbocycles. The lowest BCUT2D eigenvalue weighted by Crippen LogP contribution is -2.50. The summed E-state index contributed by atoms with van der Waals surface area (Å²) in [5.74, 6) is -0.337. The number of rotatable bonds is 2. The molecule has 0 bridgehead atoms. The fourth-order valence-electron chi connectivity index (χ4n) is 2.59. The molecule has 19 heavy (non-hydrogen) atoms. The van der Waals surface area contributed by atoms with Gasteiger partial charge in [0.1, 0.15) is 5.54 Å². The number of nitrogens with zero attached hydrogens (tertiary/aromatic N) is 2. The molecule has 3 rings (SSSR count). The Morgan fingerprint density at radius 3 is 2.26 bits per heavy atom. The standard InChI is InChI=1S/C14H15N3O2/c1-2-19-13(18)14(15)7-9-5-11-12(6-10(9)8-14)17-4-3-16-11/h3-6H,2,7-8,15H2,1H3. The van der Waals surface area contributed by atoms with Crippen LogP contribution >= 0.6 is 0 Å². The minimum absolute atomic E-state index is 0.337. The number of nitrogens with two attached hydrogens (primary N) is 1. The number of benzene rings is 1. The van der Waals surface area contributed by atoms with E-state index in [0.29, 0.717) is 19.4 Å². The zero-order valence-electron chi connectivity index (χ0n) is 10.7. The third kappa shape index (κ3) is 1.96. The number of carbonyl (C=O) groups excluding carboxylic acids is 1. The molecule has 0 radical (unpaired) electrons. The summed E-state index contributed by atoms with van der Waals surface area (Å²) in [7, 11) is 0. The van der Waals surface area contributed by atoms with E-state index in [0.717, 1.165) is 22.2 Å². The molecular formula is C14H15N3O2. The molecule has 1 aliphatic rings. The van der Waals surface area contributed by atoms with Gasteiger partial charge in [-0.25, -0.2) is 0 Å². The van der Waals surface area contributed by atoms with Crippen LogP contribution in [0.4, 0.5) is 0 Å². The molecular weight excluding hydrogens is 242 g/mol. The molecule has 0 atom stereocenters. The molecule has 0 aliphatic heterocycles. The van der Waals surface area contributed by atoms with E-state index in [1.807, 2.05) is 12.1 Å². The summed E-state index contributed by atoms with van der Waals surface area (Å²) >= 11 is 0. The van der Waals surface area contributed by atoms with Crippen LogP contribution in [0.1, 0.15) is 18.1 Å². The van der Waals surface area contributed by atoms with Gasteiger partial charge in [-0.2, -0.15) is 0 Å². The first-order valence-electron chi connectivity index (χ1n) is 6.31. The average molecular weight is 257 g/mol. The first-order valence-corrected chi connectivity index (χ1v) is 6.31. The second kappa shape index (κ2) is 4.28. The van der Waals surface area contributed by atoms with Crippen molar-refractivity contribution in [1.82, 2.24) is 9.97 Å². The summed E-state index contributed by atoms with van der Waals surface area (Å²) in [6.45, 7) is 2.13. The first-order chi connectivity index (χ1) is 9.12. The van der Waals surface area contributed by atoms with E-state index in [4.69, 9.17) is 10.5 Å². The van der Waals surface area contributed by atoms with Crippen molar-refractivity contribution in [2.24, 2.45) is 5.73 Å². The minimum Gasteiger partial charge on any atom is -0.465 e. The summed E-state index contributed by atoms with van der Waals surface area (Å²) in [6.07, 6.45) is 4.30. The number of hydrogen-bond donors (Lipinski definition) is 1. The third-order valence-electron chi connectivity index (χ3n) is 3.48. The van der Waals surface area contributed by atoms with Crippen LogP contribution in [-0.2, 0) is 22.4 Å². The predicted molar refractivity (Wildman–Crippen MR) is 70.5 cm³/mol. The van der Waals surface area contributed by atoms with E-state index in [-0.39, 0.29) is 5.97 Å². The van der Waals surface area contributed by atoms with Crippen molar-refractivity contribution >= 4 is 17.0 Å². The summed E-state index contributed by atoms with van der Waals surface area (Å²) in [6, 6.07) is 3.93. The van der Waals surface area contributed by atoms with Crippen molar-refractivity contribution in [2.75, 3.05) is 6.61 Å². The van der Waals surface area contributed by atoms with Gasteiger partial charge in [-0.1, -0.05) is 0 Å². The maximum atomic E-state index is 12.0. The second-order valence-corrected chi connectivity index (χ2v) is 4.90. The number of aromatic nitrogens is 2. The Bertz CT molecular complexity index is 610. The predicted octanol–water partition coefficient (Wildman–Crippen LogP) is 0.989. The van der Waals surface area contributed by atoms with E-state index in [1.165, 1.54) is 0 Å². The van der Waals surface area contributed by atoms with Crippen LogP contribution in [0.5, 0.6) is 0 Å². The van der Waals surface area contributed by atoms with Gasteiger partial charge >= 0.3 is 5.97 Å². The Morgan fingerprint density at radius 2 is 1.79 bits per heavy atom. The molecule has 1 heterocycles. The highest BCUT2D eigenvalue weighted by Crippen LogP contribution is 2.31. The Balaban J connectivity index is 1.99. The van der Waals surface area contributed by atoms with Gasteiger partial charge in [0.25, 0.3) is 0 Å². The van der Waals surface area contributed by atoms with E-state index in [1.54, 1.807) is 19.3 Å². The highest BCUT2D eigenvalue weighted by molar-refractivity contribution is 5.85. The van der Waals surface area contributed by atoms with Crippen molar-refractivity contribution in [1.29, 1.82) is 0 Å². The molecule has 5 nitrogen and oxygen atoms in total. The largest absolute Gasteiger partial charge is 0.465 e. The van der Waals surface area contributed by atoms with E-state index in [2.05, 4.69) is 9.97 Å². The number of hydrogen-bond acceptors (Lipinski definition) is 5. The fourth-order valence-corrected chi connectivity index (χ4v) is 2.59. The molecule has 1 aromatic carbocycles. The van der Waals surface area contributed by atoms with Crippen LogP contribution in [-0.4, -0.2) is 28.1 Å². The lowest BCUT2D eigenvalue weighted by Gasteiger charge is -2.20. The van der Waals surface area contributed by atoms with Crippen LogP contribution in [0.3, 0.4) is 0 Å². The molecule has 0 unspecified atom stereocenters. The van der Waals surface area contributed by atoms with Gasteiger partial charge in [0, 0.05) is 25.2 Å². The Labute approximate surface area is 110 Å². The molecule has 0 fully saturated rings. The number of carbonyl (C=O) groups is 1. The SMILES string of the molecule is CCOC(=O)C1(N)Cc2cc3nccnc3cc2C1. The van der Waals surface area contributed by atoms with Crippen molar-refractivity contribution in [3.05, 3.63) is 35.7 Å². The van der Waals surface area contributed by atoms with E-state index >= 15 is 0 Å². The molecule has 2 N–H and O–H groups in total. The van der Waals surface area contributed by atoms with Gasteiger partial charge in [0.2, 0.25) is 0 Å². The van der Waals surface area contributed by atoms with Gasteiger partial charge in [-0.15, -0.1) is 0 Å². The van der Waals surface area contributed by atoms with Gasteiger partial charge in [-0.3, -0.25) is 14.8 Å². The summed E-state index contributed by atoms with van der Waals surface area (Å²) in [5, 5.41) is 0. The summed E-state index contributed by atoms with van der Waals surface area (Å²) in [5.41, 5.74) is 9.01. The zero-order chi connectivity index (χ0) is 13.5. The molecule has 1 aromatic heterocycles. The maximum absolute atomic E-state index is 12.0. The molecule has 0 spiro atoms. The monoisotopic (exact) mass is 257 g/mol. The molecule has 98 valence electrons. The van der Waals surface area contributed by atoms with Gasteiger partial charge in [0.15, 0.2) is 0 Å². The van der Waals surface area contributed by atoms with Crippen molar-refractivity contribution < 1.29 is 9.53 Å². The minimum atomic E-state index is -0.949. The van der Waals surface area contributed by atoms with Crippen LogP contribution in [0.25, 0.3) is 11.0 Å². The first kappa shape index (κ1) is 12.0. The average Bonchev–Trinajstić information content (AvgIpc) is 2.72. The molecule has 2 aromatic rings. The zero-order valence-corrected chi connectivity index (χ0v) is 10.7. The highest BCUT2D eigenvalue weighted by Gasteiger charge is 2.41. The quantitative estimate of drug-likeness (QED) is 0.812. The van der Waals surface area contributed by atoms with Crippen LogP contribution in [0, 0.1) is 0 Å². The number of ether oxygens (including phenoxy) is 1. The topological polar surface area (TPSA) is 78.1 Å². The highest BCUT2D eigenvalue weighted by atomic mass is 16.5. The number of fused-ring (bicyclic) bond motifs is 2. The van der Waals surface area contributed by atoms with Crippen LogP contribution < -0.4 is 5.73 Å². The van der Waals surface area contributed by atoms with Crippen molar-refractivity contribution in [3.63, 3.8) is 0 Å². The Kier molecular flexibility index (Phi) is 2.71. The number of esters is 1. The smallest absolute Gasteiger partial charge is 0.326 e. The summed E-state index contributed by atoms with van der Waals surface area (Å²) < 4.78 is 5.06. The fraction of sp³-hybridized carbons (Fsp3) is 0.357. The molecule has 0 saturated heterocycles. The van der Waals surface area contributed by atoms with Gasteiger partial charge < -0.3 is 10.5 Å². The second-order valence-electron chi connectivity index (χ2n) is 4.90. The van der Waals surface area contributed by atoms with E-state index < -0.39 is 5.54 Å². The Morgan fingerprint density at radius 1 is 1.26 bits per heavy atom. The molecule has 1 aliphatic carbocycles. The Hall–Kier alpha value is -2.01.